The monoisotopic (exact) mass is 326 g/mol. The van der Waals surface area contributed by atoms with Gasteiger partial charge in [-0.2, -0.15) is 0 Å². The minimum absolute atomic E-state index is 0.172. The van der Waals surface area contributed by atoms with Crippen molar-refractivity contribution < 1.29 is 9.53 Å². The van der Waals surface area contributed by atoms with Crippen LogP contribution in [0.25, 0.3) is 0 Å². The van der Waals surface area contributed by atoms with Gasteiger partial charge in [0.25, 0.3) is 5.91 Å². The van der Waals surface area contributed by atoms with Crippen molar-refractivity contribution in [1.82, 2.24) is 0 Å². The minimum atomic E-state index is -0.172. The zero-order chi connectivity index (χ0) is 13.1. The molecule has 4 nitrogen and oxygen atoms in total. The predicted molar refractivity (Wildman–Crippen MR) is 77.4 cm³/mol. The number of thiophene rings is 1. The molecule has 1 aromatic heterocycles. The Morgan fingerprint density at radius 1 is 1.39 bits per heavy atom. The molecule has 0 unspecified atom stereocenters. The van der Waals surface area contributed by atoms with Gasteiger partial charge in [-0.15, -0.1) is 11.3 Å². The number of hydrogen-bond donors (Lipinski definition) is 2. The summed E-state index contributed by atoms with van der Waals surface area (Å²) in [6.45, 7) is 0. The van der Waals surface area contributed by atoms with Crippen LogP contribution in [0.3, 0.4) is 0 Å². The quantitative estimate of drug-likeness (QED) is 0.850. The van der Waals surface area contributed by atoms with Gasteiger partial charge in [-0.1, -0.05) is 0 Å². The number of benzene rings is 1. The van der Waals surface area contributed by atoms with Gasteiger partial charge in [0.05, 0.1) is 21.5 Å². The molecule has 2 aromatic rings. The van der Waals surface area contributed by atoms with E-state index in [-0.39, 0.29) is 5.91 Å². The Kier molecular flexibility index (Phi) is 3.88. The maximum atomic E-state index is 12.0. The van der Waals surface area contributed by atoms with Gasteiger partial charge in [-0.3, -0.25) is 4.79 Å². The topological polar surface area (TPSA) is 64.3 Å². The molecule has 1 heterocycles. The molecule has 6 heteroatoms. The second-order valence-corrected chi connectivity index (χ2v) is 5.98. The Morgan fingerprint density at radius 3 is 2.78 bits per heavy atom. The largest absolute Gasteiger partial charge is 0.494 e. The third-order valence-electron chi connectivity index (χ3n) is 2.27. The molecule has 0 aliphatic heterocycles. The van der Waals surface area contributed by atoms with Crippen molar-refractivity contribution in [3.63, 3.8) is 0 Å². The molecule has 18 heavy (non-hydrogen) atoms. The first-order valence-electron chi connectivity index (χ1n) is 5.10. The first-order chi connectivity index (χ1) is 8.60. The second-order valence-electron chi connectivity index (χ2n) is 3.52. The average molecular weight is 327 g/mol. The normalized spacial score (nSPS) is 10.1. The number of nitrogens with one attached hydrogen (secondary N) is 1. The Bertz CT molecular complexity index is 583. The van der Waals surface area contributed by atoms with Crippen LogP contribution in [0.1, 0.15) is 9.67 Å². The number of methoxy groups -OCH3 is 1. The number of amides is 1. The molecule has 0 aliphatic rings. The Labute approximate surface area is 117 Å². The van der Waals surface area contributed by atoms with Crippen LogP contribution in [-0.4, -0.2) is 13.0 Å². The molecule has 0 fully saturated rings. The lowest BCUT2D eigenvalue weighted by atomic mass is 10.2. The zero-order valence-electron chi connectivity index (χ0n) is 9.57. The standard InChI is InChI=1S/C12H11BrN2O2S/c1-17-9-6-7(14)2-3-8(9)15-12(16)10-4-5-11(13)18-10/h2-6H,14H2,1H3,(H,15,16). The molecule has 0 radical (unpaired) electrons. The number of anilines is 2. The highest BCUT2D eigenvalue weighted by atomic mass is 79.9. The molecule has 0 saturated heterocycles. The summed E-state index contributed by atoms with van der Waals surface area (Å²) in [6, 6.07) is 8.69. The van der Waals surface area contributed by atoms with E-state index in [1.54, 1.807) is 24.3 Å². The molecule has 94 valence electrons. The number of carbonyl (C=O) groups is 1. The van der Waals surface area contributed by atoms with E-state index in [1.165, 1.54) is 18.4 Å². The summed E-state index contributed by atoms with van der Waals surface area (Å²) >= 11 is 4.69. The summed E-state index contributed by atoms with van der Waals surface area (Å²) in [4.78, 5) is 12.6. The molecule has 3 N–H and O–H groups in total. The van der Waals surface area contributed by atoms with Crippen molar-refractivity contribution in [3.05, 3.63) is 39.0 Å². The lowest BCUT2D eigenvalue weighted by molar-refractivity contribution is 0.103. The Balaban J connectivity index is 2.21. The number of ether oxygens (including phenoxy) is 1. The van der Waals surface area contributed by atoms with Crippen molar-refractivity contribution in [2.75, 3.05) is 18.2 Å². The highest BCUT2D eigenvalue weighted by Crippen LogP contribution is 2.28. The van der Waals surface area contributed by atoms with E-state index in [0.29, 0.717) is 22.0 Å². The van der Waals surface area contributed by atoms with Crippen molar-refractivity contribution >= 4 is 44.5 Å². The molecule has 1 aromatic carbocycles. The lowest BCUT2D eigenvalue weighted by Gasteiger charge is -2.09. The van der Waals surface area contributed by atoms with Crippen molar-refractivity contribution in [2.24, 2.45) is 0 Å². The van der Waals surface area contributed by atoms with Crippen LogP contribution in [0.15, 0.2) is 34.1 Å². The number of hydrogen-bond acceptors (Lipinski definition) is 4. The van der Waals surface area contributed by atoms with Crippen LogP contribution in [0.2, 0.25) is 0 Å². The lowest BCUT2D eigenvalue weighted by Crippen LogP contribution is -2.11. The predicted octanol–water partition coefficient (Wildman–Crippen LogP) is 3.35. The molecule has 2 rings (SSSR count). The fraction of sp³-hybridized carbons (Fsp3) is 0.0833. The van der Waals surface area contributed by atoms with Gasteiger partial charge in [-0.25, -0.2) is 0 Å². The Morgan fingerprint density at radius 2 is 2.17 bits per heavy atom. The van der Waals surface area contributed by atoms with Crippen LogP contribution in [0.5, 0.6) is 5.75 Å². The maximum Gasteiger partial charge on any atom is 0.265 e. The van der Waals surface area contributed by atoms with Crippen LogP contribution in [0, 0.1) is 0 Å². The third-order valence-corrected chi connectivity index (χ3v) is 3.89. The molecule has 0 saturated carbocycles. The van der Waals surface area contributed by atoms with E-state index < -0.39 is 0 Å². The van der Waals surface area contributed by atoms with E-state index in [0.717, 1.165) is 3.79 Å². The van der Waals surface area contributed by atoms with Gasteiger partial charge in [0.2, 0.25) is 0 Å². The van der Waals surface area contributed by atoms with Gasteiger partial charge in [0.15, 0.2) is 0 Å². The molecule has 1 amide bonds. The Hall–Kier alpha value is -1.53. The molecule has 0 aliphatic carbocycles. The number of carbonyl (C=O) groups excluding carboxylic acids is 1. The van der Waals surface area contributed by atoms with Gasteiger partial charge in [0, 0.05) is 11.8 Å². The molecule has 0 spiro atoms. The number of nitrogens with two attached hydrogens (primary N) is 1. The number of nitrogen functional groups attached to an aromatic ring is 1. The smallest absolute Gasteiger partial charge is 0.265 e. The highest BCUT2D eigenvalue weighted by molar-refractivity contribution is 9.11. The van der Waals surface area contributed by atoms with Gasteiger partial charge in [-0.05, 0) is 40.2 Å². The van der Waals surface area contributed by atoms with Crippen LogP contribution >= 0.6 is 27.3 Å². The third kappa shape index (κ3) is 2.83. The van der Waals surface area contributed by atoms with Gasteiger partial charge in [0.1, 0.15) is 5.75 Å². The van der Waals surface area contributed by atoms with Crippen LogP contribution < -0.4 is 15.8 Å². The molecule has 0 bridgehead atoms. The summed E-state index contributed by atoms with van der Waals surface area (Å²) in [5.41, 5.74) is 6.84. The van der Waals surface area contributed by atoms with Crippen molar-refractivity contribution in [3.8, 4) is 5.75 Å². The van der Waals surface area contributed by atoms with E-state index in [4.69, 9.17) is 10.5 Å². The fourth-order valence-electron chi connectivity index (χ4n) is 1.43. The average Bonchev–Trinajstić information content (AvgIpc) is 2.78. The zero-order valence-corrected chi connectivity index (χ0v) is 12.0. The summed E-state index contributed by atoms with van der Waals surface area (Å²) in [6.07, 6.45) is 0. The van der Waals surface area contributed by atoms with E-state index >= 15 is 0 Å². The van der Waals surface area contributed by atoms with E-state index in [2.05, 4.69) is 21.2 Å². The number of rotatable bonds is 3. The first kappa shape index (κ1) is 12.9. The van der Waals surface area contributed by atoms with E-state index in [1.807, 2.05) is 6.07 Å². The SMILES string of the molecule is COc1cc(N)ccc1NC(=O)c1ccc(Br)s1. The summed E-state index contributed by atoms with van der Waals surface area (Å²) in [7, 11) is 1.53. The molecular formula is C12H11BrN2O2S. The van der Waals surface area contributed by atoms with E-state index in [9.17, 15) is 4.79 Å². The van der Waals surface area contributed by atoms with Crippen molar-refractivity contribution in [1.29, 1.82) is 0 Å². The van der Waals surface area contributed by atoms with Gasteiger partial charge >= 0.3 is 0 Å². The summed E-state index contributed by atoms with van der Waals surface area (Å²) in [5.74, 6) is 0.368. The summed E-state index contributed by atoms with van der Waals surface area (Å²) in [5, 5.41) is 2.79. The minimum Gasteiger partial charge on any atom is -0.494 e. The fourth-order valence-corrected chi connectivity index (χ4v) is 2.71. The maximum absolute atomic E-state index is 12.0. The molecular weight excluding hydrogens is 316 g/mol. The van der Waals surface area contributed by atoms with Crippen LogP contribution in [0.4, 0.5) is 11.4 Å². The number of halogens is 1. The second kappa shape index (κ2) is 5.41. The first-order valence-corrected chi connectivity index (χ1v) is 6.71. The van der Waals surface area contributed by atoms with Crippen molar-refractivity contribution in [2.45, 2.75) is 0 Å². The van der Waals surface area contributed by atoms with Crippen LogP contribution in [-0.2, 0) is 0 Å². The summed E-state index contributed by atoms with van der Waals surface area (Å²) < 4.78 is 6.08. The van der Waals surface area contributed by atoms with Gasteiger partial charge < -0.3 is 15.8 Å². The highest BCUT2D eigenvalue weighted by Gasteiger charge is 2.11. The molecule has 0 atom stereocenters.